The van der Waals surface area contributed by atoms with Crippen LogP contribution in [0.2, 0.25) is 0 Å². The maximum Gasteiger partial charge on any atom is 0.220 e. The second kappa shape index (κ2) is 5.67. The third kappa shape index (κ3) is 3.78. The maximum absolute atomic E-state index is 11.7. The number of hydrogen-bond donors (Lipinski definition) is 2. The number of carbonyl (C=O) groups is 1. The molecule has 1 atom stereocenters. The van der Waals surface area contributed by atoms with E-state index in [4.69, 9.17) is 0 Å². The molecule has 2 fully saturated rings. The number of amides is 1. The molecular weight excluding hydrogens is 200 g/mol. The first-order chi connectivity index (χ1) is 7.75. The van der Waals surface area contributed by atoms with Crippen molar-refractivity contribution in [2.75, 3.05) is 19.6 Å². The molecule has 0 aromatic rings. The summed E-state index contributed by atoms with van der Waals surface area (Å²) in [4.78, 5) is 11.7. The van der Waals surface area contributed by atoms with Gasteiger partial charge in [0, 0.05) is 13.0 Å². The first-order valence-corrected chi connectivity index (χ1v) is 6.73. The molecule has 3 nitrogen and oxygen atoms in total. The average molecular weight is 224 g/mol. The fourth-order valence-corrected chi connectivity index (χ4v) is 2.52. The SMILES string of the molecule is CC(CC(=O)NCC1CC1)C1CCNCC1. The first kappa shape index (κ1) is 11.9. The molecule has 1 saturated carbocycles. The van der Waals surface area contributed by atoms with Crippen LogP contribution in [0.4, 0.5) is 0 Å². The van der Waals surface area contributed by atoms with E-state index in [1.54, 1.807) is 0 Å². The minimum absolute atomic E-state index is 0.262. The van der Waals surface area contributed by atoms with Gasteiger partial charge in [-0.05, 0) is 56.5 Å². The van der Waals surface area contributed by atoms with E-state index in [9.17, 15) is 4.79 Å². The molecule has 1 saturated heterocycles. The maximum atomic E-state index is 11.7. The van der Waals surface area contributed by atoms with E-state index in [1.165, 1.54) is 25.7 Å². The summed E-state index contributed by atoms with van der Waals surface area (Å²) in [6.45, 7) is 5.39. The lowest BCUT2D eigenvalue weighted by atomic mass is 9.84. The molecule has 1 aliphatic heterocycles. The van der Waals surface area contributed by atoms with E-state index in [0.29, 0.717) is 5.92 Å². The molecule has 16 heavy (non-hydrogen) atoms. The predicted octanol–water partition coefficient (Wildman–Crippen LogP) is 1.54. The molecule has 2 N–H and O–H groups in total. The van der Waals surface area contributed by atoms with Gasteiger partial charge in [0.15, 0.2) is 0 Å². The number of piperidine rings is 1. The molecule has 1 heterocycles. The summed E-state index contributed by atoms with van der Waals surface area (Å²) in [5.41, 5.74) is 0. The van der Waals surface area contributed by atoms with Crippen molar-refractivity contribution in [2.24, 2.45) is 17.8 Å². The van der Waals surface area contributed by atoms with Crippen LogP contribution in [0, 0.1) is 17.8 Å². The molecule has 1 amide bonds. The van der Waals surface area contributed by atoms with Crippen LogP contribution in [0.15, 0.2) is 0 Å². The lowest BCUT2D eigenvalue weighted by molar-refractivity contribution is -0.122. The average Bonchev–Trinajstić information content (AvgIpc) is 3.11. The Morgan fingerprint density at radius 1 is 1.31 bits per heavy atom. The van der Waals surface area contributed by atoms with Crippen LogP contribution in [0.5, 0.6) is 0 Å². The van der Waals surface area contributed by atoms with Gasteiger partial charge in [-0.1, -0.05) is 6.92 Å². The number of nitrogens with one attached hydrogen (secondary N) is 2. The standard InChI is InChI=1S/C13H24N2O/c1-10(12-4-6-14-7-5-12)8-13(16)15-9-11-2-3-11/h10-12,14H,2-9H2,1H3,(H,15,16). The van der Waals surface area contributed by atoms with Crippen molar-refractivity contribution in [1.82, 2.24) is 10.6 Å². The van der Waals surface area contributed by atoms with Crippen LogP contribution in [0.1, 0.15) is 39.0 Å². The van der Waals surface area contributed by atoms with Crippen molar-refractivity contribution in [3.8, 4) is 0 Å². The molecule has 3 heteroatoms. The zero-order chi connectivity index (χ0) is 11.4. The monoisotopic (exact) mass is 224 g/mol. The molecule has 2 aliphatic rings. The smallest absolute Gasteiger partial charge is 0.220 e. The molecule has 0 radical (unpaired) electrons. The highest BCUT2D eigenvalue weighted by Gasteiger charge is 2.24. The quantitative estimate of drug-likeness (QED) is 0.743. The molecule has 0 aromatic heterocycles. The van der Waals surface area contributed by atoms with Crippen molar-refractivity contribution < 1.29 is 4.79 Å². The summed E-state index contributed by atoms with van der Waals surface area (Å²) in [5.74, 6) is 2.34. The molecule has 2 rings (SSSR count). The summed E-state index contributed by atoms with van der Waals surface area (Å²) in [5, 5.41) is 6.43. The van der Waals surface area contributed by atoms with Crippen molar-refractivity contribution >= 4 is 5.91 Å². The summed E-state index contributed by atoms with van der Waals surface area (Å²) in [7, 11) is 0. The Kier molecular flexibility index (Phi) is 4.22. The Labute approximate surface area is 98.4 Å². The van der Waals surface area contributed by atoms with Gasteiger partial charge >= 0.3 is 0 Å². The largest absolute Gasteiger partial charge is 0.356 e. The van der Waals surface area contributed by atoms with E-state index in [0.717, 1.165) is 37.9 Å². The minimum atomic E-state index is 0.262. The van der Waals surface area contributed by atoms with Gasteiger partial charge in [-0.15, -0.1) is 0 Å². The number of hydrogen-bond acceptors (Lipinski definition) is 2. The van der Waals surface area contributed by atoms with Crippen LogP contribution >= 0.6 is 0 Å². The fraction of sp³-hybridized carbons (Fsp3) is 0.923. The van der Waals surface area contributed by atoms with Gasteiger partial charge in [0.2, 0.25) is 5.91 Å². The highest BCUT2D eigenvalue weighted by Crippen LogP contribution is 2.28. The van der Waals surface area contributed by atoms with Crippen molar-refractivity contribution in [2.45, 2.75) is 39.0 Å². The van der Waals surface area contributed by atoms with Gasteiger partial charge in [0.1, 0.15) is 0 Å². The van der Waals surface area contributed by atoms with Gasteiger partial charge < -0.3 is 10.6 Å². The van der Waals surface area contributed by atoms with Crippen molar-refractivity contribution in [3.63, 3.8) is 0 Å². The highest BCUT2D eigenvalue weighted by atomic mass is 16.1. The van der Waals surface area contributed by atoms with E-state index in [1.807, 2.05) is 0 Å². The van der Waals surface area contributed by atoms with Crippen LogP contribution in [0.25, 0.3) is 0 Å². The Hall–Kier alpha value is -0.570. The minimum Gasteiger partial charge on any atom is -0.356 e. The normalized spacial score (nSPS) is 24.1. The second-order valence-electron chi connectivity index (χ2n) is 5.52. The third-order valence-corrected chi connectivity index (χ3v) is 3.98. The van der Waals surface area contributed by atoms with Crippen LogP contribution in [-0.4, -0.2) is 25.5 Å². The zero-order valence-electron chi connectivity index (χ0n) is 10.3. The molecule has 0 aromatic carbocycles. The number of carbonyl (C=O) groups excluding carboxylic acids is 1. The molecule has 0 spiro atoms. The summed E-state index contributed by atoms with van der Waals surface area (Å²) in [6.07, 6.45) is 5.81. The fourth-order valence-electron chi connectivity index (χ4n) is 2.52. The van der Waals surface area contributed by atoms with Crippen molar-refractivity contribution in [1.29, 1.82) is 0 Å². The summed E-state index contributed by atoms with van der Waals surface area (Å²) >= 11 is 0. The Bertz CT molecular complexity index is 232. The Morgan fingerprint density at radius 2 is 2.00 bits per heavy atom. The molecule has 0 bridgehead atoms. The molecular formula is C13H24N2O. The van der Waals surface area contributed by atoms with E-state index < -0.39 is 0 Å². The van der Waals surface area contributed by atoms with Crippen LogP contribution in [-0.2, 0) is 4.79 Å². The zero-order valence-corrected chi connectivity index (χ0v) is 10.3. The van der Waals surface area contributed by atoms with Crippen LogP contribution in [0.3, 0.4) is 0 Å². The van der Waals surface area contributed by atoms with E-state index >= 15 is 0 Å². The van der Waals surface area contributed by atoms with Gasteiger partial charge in [0.05, 0.1) is 0 Å². The van der Waals surface area contributed by atoms with Gasteiger partial charge in [-0.3, -0.25) is 4.79 Å². The summed E-state index contributed by atoms with van der Waals surface area (Å²) in [6, 6.07) is 0. The lowest BCUT2D eigenvalue weighted by Crippen LogP contribution is -2.34. The second-order valence-corrected chi connectivity index (χ2v) is 5.52. The predicted molar refractivity (Wildman–Crippen MR) is 65.1 cm³/mol. The summed E-state index contributed by atoms with van der Waals surface area (Å²) < 4.78 is 0. The Balaban J connectivity index is 1.63. The molecule has 92 valence electrons. The number of rotatable bonds is 5. The van der Waals surface area contributed by atoms with Gasteiger partial charge in [-0.2, -0.15) is 0 Å². The molecule has 1 unspecified atom stereocenters. The van der Waals surface area contributed by atoms with E-state index in [2.05, 4.69) is 17.6 Å². The van der Waals surface area contributed by atoms with Gasteiger partial charge in [0.25, 0.3) is 0 Å². The lowest BCUT2D eigenvalue weighted by Gasteiger charge is -2.27. The van der Waals surface area contributed by atoms with Gasteiger partial charge in [-0.25, -0.2) is 0 Å². The van der Waals surface area contributed by atoms with E-state index in [-0.39, 0.29) is 5.91 Å². The molecule has 1 aliphatic carbocycles. The third-order valence-electron chi connectivity index (χ3n) is 3.98. The van der Waals surface area contributed by atoms with Crippen molar-refractivity contribution in [3.05, 3.63) is 0 Å². The Morgan fingerprint density at radius 3 is 2.62 bits per heavy atom. The highest BCUT2D eigenvalue weighted by molar-refractivity contribution is 5.76. The van der Waals surface area contributed by atoms with Crippen LogP contribution < -0.4 is 10.6 Å². The topological polar surface area (TPSA) is 41.1 Å². The first-order valence-electron chi connectivity index (χ1n) is 6.73.